The number of Topliss-reactive ketones (excluding diaryl/α,β-unsaturated/α-hetero) is 2. The quantitative estimate of drug-likeness (QED) is 0.740. The summed E-state index contributed by atoms with van der Waals surface area (Å²) < 4.78 is 5.62. The number of ether oxygens (including phenoxy) is 1. The van der Waals surface area contributed by atoms with Crippen LogP contribution in [0.15, 0.2) is 11.3 Å². The molecule has 1 aliphatic carbocycles. The van der Waals surface area contributed by atoms with Crippen molar-refractivity contribution >= 4 is 11.6 Å². The molecule has 0 saturated carbocycles. The van der Waals surface area contributed by atoms with Crippen LogP contribution in [0, 0.1) is 16.7 Å². The molecular weight excluding hydrogens is 244 g/mol. The van der Waals surface area contributed by atoms with Crippen LogP contribution >= 0.6 is 0 Å². The number of hydrogen-bond donors (Lipinski definition) is 1. The zero-order chi connectivity index (χ0) is 14.6. The van der Waals surface area contributed by atoms with Gasteiger partial charge in [0.1, 0.15) is 5.76 Å². The third kappa shape index (κ3) is 1.84. The third-order valence-electron chi connectivity index (χ3n) is 4.47. The van der Waals surface area contributed by atoms with Crippen molar-refractivity contribution in [1.82, 2.24) is 0 Å². The SMILES string of the molecule is CC1CCOC1C1=C(O)C(C)(C)C(=O)C(C)(C)C1=O. The van der Waals surface area contributed by atoms with E-state index in [0.717, 1.165) is 6.42 Å². The molecule has 0 radical (unpaired) electrons. The molecule has 1 heterocycles. The fraction of sp³-hybridized carbons (Fsp3) is 0.733. The van der Waals surface area contributed by atoms with E-state index in [-0.39, 0.29) is 29.3 Å². The maximum atomic E-state index is 12.6. The van der Waals surface area contributed by atoms with Crippen molar-refractivity contribution in [1.29, 1.82) is 0 Å². The van der Waals surface area contributed by atoms with Gasteiger partial charge in [0, 0.05) is 6.61 Å². The largest absolute Gasteiger partial charge is 0.511 e. The van der Waals surface area contributed by atoms with Gasteiger partial charge >= 0.3 is 0 Å². The Morgan fingerprint density at radius 1 is 1.16 bits per heavy atom. The molecule has 0 bridgehead atoms. The normalized spacial score (nSPS) is 33.9. The molecule has 1 N–H and O–H groups in total. The number of rotatable bonds is 1. The number of allylic oxidation sites excluding steroid dienone is 1. The Morgan fingerprint density at radius 2 is 1.74 bits per heavy atom. The van der Waals surface area contributed by atoms with E-state index in [1.54, 1.807) is 27.7 Å². The zero-order valence-electron chi connectivity index (χ0n) is 12.2. The van der Waals surface area contributed by atoms with E-state index in [0.29, 0.717) is 12.2 Å². The lowest BCUT2D eigenvalue weighted by atomic mass is 9.62. The van der Waals surface area contributed by atoms with E-state index in [1.165, 1.54) is 0 Å². The van der Waals surface area contributed by atoms with Gasteiger partial charge in [-0.2, -0.15) is 0 Å². The Hall–Kier alpha value is -1.16. The minimum absolute atomic E-state index is 0.111. The highest BCUT2D eigenvalue weighted by atomic mass is 16.5. The van der Waals surface area contributed by atoms with Crippen LogP contribution in [-0.4, -0.2) is 29.4 Å². The van der Waals surface area contributed by atoms with E-state index < -0.39 is 10.8 Å². The topological polar surface area (TPSA) is 63.6 Å². The van der Waals surface area contributed by atoms with Crippen LogP contribution in [0.4, 0.5) is 0 Å². The van der Waals surface area contributed by atoms with Crippen molar-refractivity contribution < 1.29 is 19.4 Å². The molecule has 0 aromatic carbocycles. The molecule has 2 aliphatic rings. The molecule has 0 amide bonds. The molecule has 2 unspecified atom stereocenters. The van der Waals surface area contributed by atoms with E-state index in [2.05, 4.69) is 0 Å². The second-order valence-corrected chi connectivity index (χ2v) is 6.73. The number of aliphatic hydroxyl groups is 1. The molecule has 19 heavy (non-hydrogen) atoms. The standard InChI is InChI=1S/C15H22O4/c1-8-6-7-19-10(8)9-11(16)14(2,3)13(18)15(4,5)12(9)17/h8,10,16H,6-7H2,1-5H3. The highest BCUT2D eigenvalue weighted by Crippen LogP contribution is 2.46. The minimum Gasteiger partial charge on any atom is -0.511 e. The number of carbonyl (C=O) groups is 2. The molecule has 4 heteroatoms. The van der Waals surface area contributed by atoms with Crippen molar-refractivity contribution in [3.63, 3.8) is 0 Å². The van der Waals surface area contributed by atoms with Gasteiger partial charge in [-0.05, 0) is 40.0 Å². The van der Waals surface area contributed by atoms with Crippen LogP contribution in [0.2, 0.25) is 0 Å². The molecule has 0 aromatic heterocycles. The fourth-order valence-corrected chi connectivity index (χ4v) is 3.10. The fourth-order valence-electron chi connectivity index (χ4n) is 3.10. The van der Waals surface area contributed by atoms with Gasteiger partial charge in [-0.1, -0.05) is 6.92 Å². The van der Waals surface area contributed by atoms with Gasteiger partial charge in [0.05, 0.1) is 22.5 Å². The van der Waals surface area contributed by atoms with Crippen molar-refractivity contribution in [3.05, 3.63) is 11.3 Å². The summed E-state index contributed by atoms with van der Waals surface area (Å²) in [6.07, 6.45) is 0.475. The molecule has 2 rings (SSSR count). The van der Waals surface area contributed by atoms with Crippen LogP contribution in [0.5, 0.6) is 0 Å². The molecule has 106 valence electrons. The lowest BCUT2D eigenvalue weighted by Gasteiger charge is -2.40. The second-order valence-electron chi connectivity index (χ2n) is 6.73. The first kappa shape index (κ1) is 14.3. The second kappa shape index (κ2) is 4.17. The lowest BCUT2D eigenvalue weighted by Crippen LogP contribution is -2.51. The van der Waals surface area contributed by atoms with Gasteiger partial charge in [-0.15, -0.1) is 0 Å². The summed E-state index contributed by atoms with van der Waals surface area (Å²) in [4.78, 5) is 24.9. The number of carbonyl (C=O) groups excluding carboxylic acids is 2. The first-order chi connectivity index (χ1) is 8.61. The Morgan fingerprint density at radius 3 is 2.21 bits per heavy atom. The van der Waals surface area contributed by atoms with Crippen molar-refractivity contribution in [2.75, 3.05) is 6.61 Å². The van der Waals surface area contributed by atoms with Gasteiger partial charge in [-0.25, -0.2) is 0 Å². The molecule has 0 aromatic rings. The Kier molecular flexibility index (Phi) is 3.13. The van der Waals surface area contributed by atoms with E-state index >= 15 is 0 Å². The summed E-state index contributed by atoms with van der Waals surface area (Å²) in [7, 11) is 0. The van der Waals surface area contributed by atoms with Gasteiger partial charge in [0.25, 0.3) is 0 Å². The summed E-state index contributed by atoms with van der Waals surface area (Å²) in [5, 5.41) is 10.4. The third-order valence-corrected chi connectivity index (χ3v) is 4.47. The number of hydrogen-bond acceptors (Lipinski definition) is 4. The monoisotopic (exact) mass is 266 g/mol. The van der Waals surface area contributed by atoms with Crippen molar-refractivity contribution in [2.45, 2.75) is 47.1 Å². The summed E-state index contributed by atoms with van der Waals surface area (Å²) in [5.41, 5.74) is -1.82. The molecule has 1 fully saturated rings. The van der Waals surface area contributed by atoms with Crippen molar-refractivity contribution in [3.8, 4) is 0 Å². The average molecular weight is 266 g/mol. The summed E-state index contributed by atoms with van der Waals surface area (Å²) >= 11 is 0. The first-order valence-electron chi connectivity index (χ1n) is 6.76. The lowest BCUT2D eigenvalue weighted by molar-refractivity contribution is -0.145. The maximum Gasteiger partial charge on any atom is 0.177 e. The van der Waals surface area contributed by atoms with Crippen LogP contribution < -0.4 is 0 Å². The zero-order valence-corrected chi connectivity index (χ0v) is 12.2. The van der Waals surface area contributed by atoms with E-state index in [4.69, 9.17) is 4.74 Å². The van der Waals surface area contributed by atoms with Gasteiger partial charge in [0.15, 0.2) is 11.6 Å². The van der Waals surface area contributed by atoms with Gasteiger partial charge in [-0.3, -0.25) is 9.59 Å². The highest BCUT2D eigenvalue weighted by Gasteiger charge is 2.55. The molecule has 1 aliphatic heterocycles. The molecule has 4 nitrogen and oxygen atoms in total. The average Bonchev–Trinajstić information content (AvgIpc) is 2.73. The number of ketones is 2. The first-order valence-corrected chi connectivity index (χ1v) is 6.76. The predicted molar refractivity (Wildman–Crippen MR) is 70.8 cm³/mol. The summed E-state index contributed by atoms with van der Waals surface area (Å²) in [6.45, 7) is 9.18. The van der Waals surface area contributed by atoms with E-state index in [9.17, 15) is 14.7 Å². The van der Waals surface area contributed by atoms with Crippen molar-refractivity contribution in [2.24, 2.45) is 16.7 Å². The Balaban J connectivity index is 2.59. The summed E-state index contributed by atoms with van der Waals surface area (Å²) in [5.74, 6) is -0.466. The molecule has 1 saturated heterocycles. The minimum atomic E-state index is -1.10. The van der Waals surface area contributed by atoms with Crippen LogP contribution in [-0.2, 0) is 14.3 Å². The smallest absolute Gasteiger partial charge is 0.177 e. The highest BCUT2D eigenvalue weighted by molar-refractivity contribution is 6.19. The number of aliphatic hydroxyl groups excluding tert-OH is 1. The van der Waals surface area contributed by atoms with Crippen LogP contribution in [0.1, 0.15) is 41.0 Å². The molecular formula is C15H22O4. The Bertz CT molecular complexity index is 471. The van der Waals surface area contributed by atoms with Crippen LogP contribution in [0.25, 0.3) is 0 Å². The molecule has 2 atom stereocenters. The van der Waals surface area contributed by atoms with Crippen LogP contribution in [0.3, 0.4) is 0 Å². The van der Waals surface area contributed by atoms with Gasteiger partial charge in [0.2, 0.25) is 0 Å². The van der Waals surface area contributed by atoms with Gasteiger partial charge < -0.3 is 9.84 Å². The Labute approximate surface area is 113 Å². The predicted octanol–water partition coefficient (Wildman–Crippen LogP) is 2.43. The molecule has 0 spiro atoms. The maximum absolute atomic E-state index is 12.6. The van der Waals surface area contributed by atoms with E-state index in [1.807, 2.05) is 6.92 Å². The summed E-state index contributed by atoms with van der Waals surface area (Å²) in [6, 6.07) is 0.